The number of piperidine rings is 1. The molecular formula is C21H27N2O2S+. The normalized spacial score (nSPS) is 26.5. The monoisotopic (exact) mass is 371 g/mol. The van der Waals surface area contributed by atoms with Gasteiger partial charge in [0.25, 0.3) is 0 Å². The molecule has 26 heavy (non-hydrogen) atoms. The van der Waals surface area contributed by atoms with Crippen molar-refractivity contribution in [2.24, 2.45) is 0 Å². The number of anilines is 1. The van der Waals surface area contributed by atoms with E-state index < -0.39 is 0 Å². The topological polar surface area (TPSA) is 38.3 Å². The lowest BCUT2D eigenvalue weighted by Gasteiger charge is -2.43. The fourth-order valence-corrected chi connectivity index (χ4v) is 5.30. The van der Waals surface area contributed by atoms with Gasteiger partial charge in [-0.05, 0) is 40.9 Å². The number of nitrogens with one attached hydrogen (secondary N) is 1. The molecule has 0 aliphatic carbocycles. The van der Waals surface area contributed by atoms with Crippen LogP contribution in [-0.4, -0.2) is 42.9 Å². The smallest absolute Gasteiger partial charge is 0.411 e. The molecule has 0 radical (unpaired) electrons. The van der Waals surface area contributed by atoms with Gasteiger partial charge in [-0.1, -0.05) is 12.1 Å². The predicted molar refractivity (Wildman–Crippen MR) is 107 cm³/mol. The van der Waals surface area contributed by atoms with Crippen molar-refractivity contribution in [3.63, 3.8) is 0 Å². The quantitative estimate of drug-likeness (QED) is 0.768. The first kappa shape index (κ1) is 17.6. The lowest BCUT2D eigenvalue weighted by Crippen LogP contribution is -2.56. The molecule has 2 aliphatic heterocycles. The van der Waals surface area contributed by atoms with E-state index in [0.717, 1.165) is 39.7 Å². The van der Waals surface area contributed by atoms with Gasteiger partial charge in [-0.2, -0.15) is 11.3 Å². The number of aryl methyl sites for hydroxylation is 1. The highest BCUT2D eigenvalue weighted by atomic mass is 32.1. The molecule has 1 N–H and O–H groups in total. The molecule has 1 aromatic carbocycles. The van der Waals surface area contributed by atoms with E-state index in [9.17, 15) is 4.79 Å². The molecule has 2 aliphatic rings. The first-order chi connectivity index (χ1) is 12.4. The molecule has 2 aromatic rings. The number of hydrogen-bond acceptors (Lipinski definition) is 3. The Hall–Kier alpha value is -1.85. The van der Waals surface area contributed by atoms with Crippen molar-refractivity contribution in [2.75, 3.05) is 19.4 Å². The zero-order chi connectivity index (χ0) is 18.3. The number of benzene rings is 1. The SMILES string of the molecule is Cc1ccc(-c2ccsc2)c(NC(=O)OC2CC3CCC(C2)[N+]3(C)C)c1. The highest BCUT2D eigenvalue weighted by Crippen LogP contribution is 2.40. The Morgan fingerprint density at radius 1 is 1.19 bits per heavy atom. The van der Waals surface area contributed by atoms with Crippen LogP contribution in [0.3, 0.4) is 0 Å². The van der Waals surface area contributed by atoms with Crippen molar-refractivity contribution in [3.8, 4) is 11.1 Å². The Morgan fingerprint density at radius 2 is 1.92 bits per heavy atom. The van der Waals surface area contributed by atoms with Crippen molar-refractivity contribution in [2.45, 2.75) is 50.8 Å². The zero-order valence-corrected chi connectivity index (χ0v) is 16.5. The van der Waals surface area contributed by atoms with Crippen molar-refractivity contribution in [1.82, 2.24) is 0 Å². The van der Waals surface area contributed by atoms with E-state index in [0.29, 0.717) is 12.1 Å². The lowest BCUT2D eigenvalue weighted by atomic mass is 9.98. The number of thiophene rings is 1. The summed E-state index contributed by atoms with van der Waals surface area (Å²) in [7, 11) is 4.64. The molecule has 138 valence electrons. The Balaban J connectivity index is 1.46. The maximum Gasteiger partial charge on any atom is 0.411 e. The maximum atomic E-state index is 12.6. The van der Waals surface area contributed by atoms with Crippen LogP contribution in [0.25, 0.3) is 11.1 Å². The number of nitrogens with zero attached hydrogens (tertiary/aromatic N) is 1. The van der Waals surface area contributed by atoms with E-state index in [1.807, 2.05) is 13.0 Å². The average Bonchev–Trinajstić information content (AvgIpc) is 3.11. The van der Waals surface area contributed by atoms with Crippen LogP contribution in [0.2, 0.25) is 0 Å². The molecule has 1 amide bonds. The fraction of sp³-hybridized carbons (Fsp3) is 0.476. The van der Waals surface area contributed by atoms with Crippen LogP contribution < -0.4 is 5.32 Å². The lowest BCUT2D eigenvalue weighted by molar-refractivity contribution is -0.931. The van der Waals surface area contributed by atoms with Crippen molar-refractivity contribution in [3.05, 3.63) is 40.6 Å². The standard InChI is InChI=1S/C21H26N2O2S/c1-14-4-7-19(15-8-9-26-13-15)20(10-14)22-21(24)25-18-11-16-5-6-17(12-18)23(16,2)3/h4,7-10,13,16-18H,5-6,11-12H2,1-3H3/p+1. The van der Waals surface area contributed by atoms with Crippen LogP contribution in [-0.2, 0) is 4.74 Å². The van der Waals surface area contributed by atoms with Crippen LogP contribution >= 0.6 is 11.3 Å². The first-order valence-corrected chi connectivity index (χ1v) is 10.3. The molecule has 2 saturated heterocycles. The summed E-state index contributed by atoms with van der Waals surface area (Å²) >= 11 is 1.66. The van der Waals surface area contributed by atoms with Gasteiger partial charge in [0.05, 0.1) is 31.9 Å². The Labute approximate surface area is 159 Å². The van der Waals surface area contributed by atoms with E-state index >= 15 is 0 Å². The molecule has 4 nitrogen and oxygen atoms in total. The summed E-state index contributed by atoms with van der Waals surface area (Å²) in [6, 6.07) is 9.46. The van der Waals surface area contributed by atoms with Gasteiger partial charge in [0.15, 0.2) is 0 Å². The van der Waals surface area contributed by atoms with Gasteiger partial charge in [-0.15, -0.1) is 0 Å². The number of fused-ring (bicyclic) bond motifs is 2. The van der Waals surface area contributed by atoms with Gasteiger partial charge < -0.3 is 9.22 Å². The van der Waals surface area contributed by atoms with E-state index in [4.69, 9.17) is 4.74 Å². The van der Waals surface area contributed by atoms with Gasteiger partial charge in [0.2, 0.25) is 0 Å². The minimum absolute atomic E-state index is 0.0352. The summed E-state index contributed by atoms with van der Waals surface area (Å²) in [4.78, 5) is 12.6. The molecule has 0 spiro atoms. The zero-order valence-electron chi connectivity index (χ0n) is 15.7. The van der Waals surface area contributed by atoms with E-state index in [1.165, 1.54) is 12.8 Å². The third-order valence-corrected chi connectivity index (χ3v) is 6.99. The summed E-state index contributed by atoms with van der Waals surface area (Å²) < 4.78 is 6.91. The average molecular weight is 372 g/mol. The summed E-state index contributed by atoms with van der Waals surface area (Å²) in [5.74, 6) is 0. The van der Waals surface area contributed by atoms with Crippen LogP contribution in [0.5, 0.6) is 0 Å². The Kier molecular flexibility index (Phi) is 4.53. The number of amides is 1. The molecule has 2 fully saturated rings. The van der Waals surface area contributed by atoms with Gasteiger partial charge in [0, 0.05) is 31.2 Å². The number of carbonyl (C=O) groups is 1. The minimum atomic E-state index is -0.330. The van der Waals surface area contributed by atoms with Crippen molar-refractivity contribution >= 4 is 23.1 Å². The third-order valence-electron chi connectivity index (χ3n) is 6.30. The second-order valence-electron chi connectivity index (χ2n) is 8.20. The summed E-state index contributed by atoms with van der Waals surface area (Å²) in [5, 5.41) is 7.14. The summed E-state index contributed by atoms with van der Waals surface area (Å²) in [6.45, 7) is 2.03. The molecule has 0 saturated carbocycles. The van der Waals surface area contributed by atoms with E-state index in [-0.39, 0.29) is 12.2 Å². The molecule has 2 atom stereocenters. The Morgan fingerprint density at radius 3 is 2.58 bits per heavy atom. The molecule has 2 bridgehead atoms. The second kappa shape index (κ2) is 6.71. The molecule has 2 unspecified atom stereocenters. The van der Waals surface area contributed by atoms with Gasteiger partial charge in [-0.25, -0.2) is 4.79 Å². The second-order valence-corrected chi connectivity index (χ2v) is 8.98. The van der Waals surface area contributed by atoms with Crippen molar-refractivity contribution in [1.29, 1.82) is 0 Å². The van der Waals surface area contributed by atoms with Crippen molar-refractivity contribution < 1.29 is 14.0 Å². The summed E-state index contributed by atoms with van der Waals surface area (Å²) in [5.41, 5.74) is 4.10. The highest BCUT2D eigenvalue weighted by molar-refractivity contribution is 7.08. The van der Waals surface area contributed by atoms with E-state index in [2.05, 4.69) is 48.4 Å². The number of carbonyl (C=O) groups excluding carboxylic acids is 1. The fourth-order valence-electron chi connectivity index (χ4n) is 4.65. The van der Waals surface area contributed by atoms with Crippen LogP contribution in [0.15, 0.2) is 35.0 Å². The number of ether oxygens (including phenoxy) is 1. The van der Waals surface area contributed by atoms with Crippen LogP contribution in [0, 0.1) is 6.92 Å². The number of hydrogen-bond donors (Lipinski definition) is 1. The number of rotatable bonds is 3. The van der Waals surface area contributed by atoms with Gasteiger partial charge in [0.1, 0.15) is 6.10 Å². The highest BCUT2D eigenvalue weighted by Gasteiger charge is 2.49. The van der Waals surface area contributed by atoms with Crippen LogP contribution in [0.4, 0.5) is 10.5 Å². The largest absolute Gasteiger partial charge is 0.445 e. The molecular weight excluding hydrogens is 344 g/mol. The van der Waals surface area contributed by atoms with Gasteiger partial charge in [-0.3, -0.25) is 5.32 Å². The molecule has 1 aromatic heterocycles. The molecule has 3 heterocycles. The summed E-state index contributed by atoms with van der Waals surface area (Å²) in [6.07, 6.45) is 4.15. The maximum absolute atomic E-state index is 12.6. The van der Waals surface area contributed by atoms with Crippen LogP contribution in [0.1, 0.15) is 31.2 Å². The van der Waals surface area contributed by atoms with E-state index in [1.54, 1.807) is 11.3 Å². The first-order valence-electron chi connectivity index (χ1n) is 9.37. The minimum Gasteiger partial charge on any atom is -0.445 e. The Bertz CT molecular complexity index is 784. The third kappa shape index (κ3) is 3.26. The van der Waals surface area contributed by atoms with Gasteiger partial charge >= 0.3 is 6.09 Å². The number of quaternary nitrogens is 1. The molecule has 4 rings (SSSR count). The predicted octanol–water partition coefficient (Wildman–Crippen LogP) is 5.04. The molecule has 5 heteroatoms.